The van der Waals surface area contributed by atoms with Crippen molar-refractivity contribution in [1.82, 2.24) is 10.3 Å². The van der Waals surface area contributed by atoms with Crippen molar-refractivity contribution >= 4 is 29.7 Å². The van der Waals surface area contributed by atoms with Gasteiger partial charge in [-0.05, 0) is 24.8 Å². The molecule has 1 heterocycles. The van der Waals surface area contributed by atoms with E-state index in [1.54, 1.807) is 5.38 Å². The second-order valence-electron chi connectivity index (χ2n) is 5.94. The first-order chi connectivity index (χ1) is 8.92. The van der Waals surface area contributed by atoms with E-state index in [1.165, 1.54) is 17.8 Å². The summed E-state index contributed by atoms with van der Waals surface area (Å²) in [4.78, 5) is 16.1. The first-order valence-corrected chi connectivity index (χ1v) is 7.73. The Kier molecular flexibility index (Phi) is 9.01. The van der Waals surface area contributed by atoms with Gasteiger partial charge in [0.05, 0.1) is 5.01 Å². The highest BCUT2D eigenvalue weighted by Gasteiger charge is 2.11. The maximum absolute atomic E-state index is 11.8. The second kappa shape index (κ2) is 9.32. The molecule has 1 amide bonds. The summed E-state index contributed by atoms with van der Waals surface area (Å²) in [6.07, 6.45) is 4.08. The third-order valence-corrected chi connectivity index (χ3v) is 3.69. The average molecular weight is 320 g/mol. The van der Waals surface area contributed by atoms with Crippen molar-refractivity contribution in [3.05, 3.63) is 16.1 Å². The third-order valence-electron chi connectivity index (χ3n) is 2.78. The number of nitrogens with one attached hydrogen (secondary N) is 1. The van der Waals surface area contributed by atoms with Gasteiger partial charge in [-0.25, -0.2) is 4.98 Å². The molecule has 1 rings (SSSR count). The lowest BCUT2D eigenvalue weighted by Crippen LogP contribution is -2.25. The lowest BCUT2D eigenvalue weighted by molar-refractivity contribution is 0.0948. The molecule has 0 saturated heterocycles. The van der Waals surface area contributed by atoms with Crippen LogP contribution in [0.5, 0.6) is 0 Å². The number of nitrogens with two attached hydrogens (primary N) is 1. The monoisotopic (exact) mass is 319 g/mol. The summed E-state index contributed by atoms with van der Waals surface area (Å²) in [7, 11) is 0. The van der Waals surface area contributed by atoms with Crippen LogP contribution in [-0.4, -0.2) is 24.0 Å². The van der Waals surface area contributed by atoms with Crippen molar-refractivity contribution in [3.63, 3.8) is 0 Å². The molecule has 0 atom stereocenters. The summed E-state index contributed by atoms with van der Waals surface area (Å²) in [6.45, 7) is 8.00. The van der Waals surface area contributed by atoms with Gasteiger partial charge in [0.2, 0.25) is 0 Å². The molecule has 0 aromatic carbocycles. The van der Waals surface area contributed by atoms with E-state index >= 15 is 0 Å². The van der Waals surface area contributed by atoms with Crippen molar-refractivity contribution in [1.29, 1.82) is 0 Å². The number of amides is 1. The molecule has 1 aromatic heterocycles. The summed E-state index contributed by atoms with van der Waals surface area (Å²) in [5.41, 5.74) is 6.35. The highest BCUT2D eigenvalue weighted by Crippen LogP contribution is 2.21. The van der Waals surface area contributed by atoms with Crippen molar-refractivity contribution in [2.45, 2.75) is 46.5 Å². The first-order valence-electron chi connectivity index (χ1n) is 6.85. The number of rotatable bonds is 7. The summed E-state index contributed by atoms with van der Waals surface area (Å²) in [5, 5.41) is 5.65. The highest BCUT2D eigenvalue weighted by atomic mass is 35.5. The van der Waals surface area contributed by atoms with E-state index in [0.717, 1.165) is 30.8 Å². The molecule has 3 N–H and O–H groups in total. The van der Waals surface area contributed by atoms with Crippen LogP contribution in [0.3, 0.4) is 0 Å². The molecule has 4 nitrogen and oxygen atoms in total. The minimum atomic E-state index is -0.0738. The summed E-state index contributed by atoms with van der Waals surface area (Å²) < 4.78 is 0. The number of thiazole rings is 1. The number of carbonyl (C=O) groups is 1. The Bertz CT molecular complexity index is 401. The Morgan fingerprint density at radius 3 is 2.70 bits per heavy atom. The normalized spacial score (nSPS) is 11.0. The molecule has 0 bridgehead atoms. The fourth-order valence-electron chi connectivity index (χ4n) is 1.73. The number of hydrogen-bond donors (Lipinski definition) is 2. The van der Waals surface area contributed by atoms with E-state index in [-0.39, 0.29) is 18.3 Å². The molecule has 0 spiro atoms. The van der Waals surface area contributed by atoms with Gasteiger partial charge in [0, 0.05) is 18.3 Å². The molecule has 0 fully saturated rings. The van der Waals surface area contributed by atoms with Gasteiger partial charge < -0.3 is 11.1 Å². The predicted octanol–water partition coefficient (Wildman–Crippen LogP) is 3.01. The average Bonchev–Trinajstić information content (AvgIpc) is 2.76. The van der Waals surface area contributed by atoms with Gasteiger partial charge in [-0.2, -0.15) is 0 Å². The van der Waals surface area contributed by atoms with Crippen LogP contribution in [0.2, 0.25) is 0 Å². The van der Waals surface area contributed by atoms with Gasteiger partial charge in [-0.3, -0.25) is 4.79 Å². The van der Waals surface area contributed by atoms with E-state index in [9.17, 15) is 4.79 Å². The number of unbranched alkanes of at least 4 members (excludes halogenated alkanes) is 1. The third kappa shape index (κ3) is 7.82. The van der Waals surface area contributed by atoms with E-state index in [4.69, 9.17) is 5.73 Å². The number of nitrogens with zero attached hydrogens (tertiary/aromatic N) is 1. The fourth-order valence-corrected chi connectivity index (χ4v) is 2.52. The van der Waals surface area contributed by atoms with Crippen LogP contribution >= 0.6 is 23.7 Å². The van der Waals surface area contributed by atoms with E-state index in [2.05, 4.69) is 31.1 Å². The SMILES string of the molecule is CC(C)(C)CCCCNC(=O)c1csc(CCN)n1.Cl. The minimum absolute atomic E-state index is 0. The second-order valence-corrected chi connectivity index (χ2v) is 6.88. The summed E-state index contributed by atoms with van der Waals surface area (Å²) in [6, 6.07) is 0. The Labute approximate surface area is 132 Å². The Hall–Kier alpha value is -0.650. The molecule has 0 aliphatic carbocycles. The lowest BCUT2D eigenvalue weighted by atomic mass is 9.90. The van der Waals surface area contributed by atoms with Crippen LogP contribution in [0.25, 0.3) is 0 Å². The maximum Gasteiger partial charge on any atom is 0.270 e. The van der Waals surface area contributed by atoms with Crippen molar-refractivity contribution in [3.8, 4) is 0 Å². The summed E-state index contributed by atoms with van der Waals surface area (Å²) in [5.74, 6) is -0.0738. The molecule has 0 aliphatic rings. The molecule has 0 saturated carbocycles. The topological polar surface area (TPSA) is 68.0 Å². The number of carbonyl (C=O) groups excluding carboxylic acids is 1. The molecule has 20 heavy (non-hydrogen) atoms. The predicted molar refractivity (Wildman–Crippen MR) is 87.8 cm³/mol. The first kappa shape index (κ1) is 19.4. The highest BCUT2D eigenvalue weighted by molar-refractivity contribution is 7.09. The Balaban J connectivity index is 0.00000361. The van der Waals surface area contributed by atoms with Gasteiger partial charge in [0.25, 0.3) is 5.91 Å². The standard InChI is InChI=1S/C14H25N3OS.ClH/c1-14(2,3)7-4-5-9-16-13(18)11-10-19-12(17-11)6-8-15;/h10H,4-9,15H2,1-3H3,(H,16,18);1H. The van der Waals surface area contributed by atoms with Crippen molar-refractivity contribution < 1.29 is 4.79 Å². The number of hydrogen-bond acceptors (Lipinski definition) is 4. The van der Waals surface area contributed by atoms with Crippen LogP contribution < -0.4 is 11.1 Å². The molecule has 1 aromatic rings. The maximum atomic E-state index is 11.8. The number of halogens is 1. The minimum Gasteiger partial charge on any atom is -0.351 e. The Morgan fingerprint density at radius 1 is 1.40 bits per heavy atom. The van der Waals surface area contributed by atoms with Gasteiger partial charge in [0.15, 0.2) is 0 Å². The van der Waals surface area contributed by atoms with Gasteiger partial charge >= 0.3 is 0 Å². The van der Waals surface area contributed by atoms with Crippen LogP contribution in [0.4, 0.5) is 0 Å². The molecule has 0 aliphatic heterocycles. The van der Waals surface area contributed by atoms with Crippen molar-refractivity contribution in [2.24, 2.45) is 11.1 Å². The van der Waals surface area contributed by atoms with Crippen molar-refractivity contribution in [2.75, 3.05) is 13.1 Å². The van der Waals surface area contributed by atoms with Crippen LogP contribution in [0, 0.1) is 5.41 Å². The molecule has 0 radical (unpaired) electrons. The fraction of sp³-hybridized carbons (Fsp3) is 0.714. The van der Waals surface area contributed by atoms with Crippen LogP contribution in [0.1, 0.15) is 55.5 Å². The van der Waals surface area contributed by atoms with Crippen LogP contribution in [-0.2, 0) is 6.42 Å². The smallest absolute Gasteiger partial charge is 0.270 e. The van der Waals surface area contributed by atoms with E-state index in [0.29, 0.717) is 17.7 Å². The van der Waals surface area contributed by atoms with Gasteiger partial charge in [-0.15, -0.1) is 23.7 Å². The zero-order valence-electron chi connectivity index (χ0n) is 12.6. The molecular weight excluding hydrogens is 294 g/mol. The quantitative estimate of drug-likeness (QED) is 0.759. The summed E-state index contributed by atoms with van der Waals surface area (Å²) >= 11 is 1.50. The zero-order valence-corrected chi connectivity index (χ0v) is 14.2. The van der Waals surface area contributed by atoms with Gasteiger partial charge in [-0.1, -0.05) is 27.2 Å². The molecular formula is C14H26ClN3OS. The molecule has 0 unspecified atom stereocenters. The molecule has 6 heteroatoms. The van der Waals surface area contributed by atoms with Crippen LogP contribution in [0.15, 0.2) is 5.38 Å². The largest absolute Gasteiger partial charge is 0.351 e. The Morgan fingerprint density at radius 2 is 2.10 bits per heavy atom. The van der Waals surface area contributed by atoms with E-state index in [1.807, 2.05) is 0 Å². The van der Waals surface area contributed by atoms with E-state index < -0.39 is 0 Å². The number of aromatic nitrogens is 1. The van der Waals surface area contributed by atoms with Gasteiger partial charge in [0.1, 0.15) is 5.69 Å². The molecule has 116 valence electrons. The lowest BCUT2D eigenvalue weighted by Gasteiger charge is -2.17. The zero-order chi connectivity index (χ0) is 14.3.